The Bertz CT molecular complexity index is 1110. The van der Waals surface area contributed by atoms with Gasteiger partial charge in [-0.15, -0.1) is 0 Å². The summed E-state index contributed by atoms with van der Waals surface area (Å²) in [7, 11) is -4.54. The highest BCUT2D eigenvalue weighted by molar-refractivity contribution is 9.10. The van der Waals surface area contributed by atoms with Gasteiger partial charge in [0.15, 0.2) is 0 Å². The summed E-state index contributed by atoms with van der Waals surface area (Å²) in [5.41, 5.74) is 7.01. The first kappa shape index (κ1) is 21.5. The molecule has 0 saturated heterocycles. The number of fused-ring (bicyclic) bond motifs is 1. The van der Waals surface area contributed by atoms with Gasteiger partial charge in [0.2, 0.25) is 5.91 Å². The monoisotopic (exact) mass is 478 g/mol. The molecule has 4 N–H and O–H groups in total. The number of primary amides is 1. The third-order valence-electron chi connectivity index (χ3n) is 4.77. The van der Waals surface area contributed by atoms with Crippen molar-refractivity contribution in [2.24, 2.45) is 5.73 Å². The number of nitrogens with two attached hydrogens (primary N) is 1. The van der Waals surface area contributed by atoms with E-state index in [2.05, 4.69) is 15.9 Å². The van der Waals surface area contributed by atoms with E-state index in [0.29, 0.717) is 33.9 Å². The zero-order valence-corrected chi connectivity index (χ0v) is 17.8. The Morgan fingerprint density at radius 2 is 1.90 bits per heavy atom. The molecule has 3 rings (SSSR count). The van der Waals surface area contributed by atoms with Gasteiger partial charge in [0.05, 0.1) is 16.7 Å². The largest absolute Gasteiger partial charge is 0.369 e. The van der Waals surface area contributed by atoms with Crippen molar-refractivity contribution in [3.63, 3.8) is 0 Å². The molecule has 7 nitrogen and oxygen atoms in total. The van der Waals surface area contributed by atoms with Gasteiger partial charge < -0.3 is 24.9 Å². The van der Waals surface area contributed by atoms with Gasteiger partial charge in [-0.3, -0.25) is 9.36 Å². The van der Waals surface area contributed by atoms with Gasteiger partial charge in [-0.2, -0.15) is 0 Å². The van der Waals surface area contributed by atoms with Crippen LogP contribution >= 0.6 is 23.5 Å². The van der Waals surface area contributed by atoms with Crippen molar-refractivity contribution in [1.29, 1.82) is 0 Å². The van der Waals surface area contributed by atoms with E-state index in [-0.39, 0.29) is 12.8 Å². The maximum absolute atomic E-state index is 11.9. The third-order valence-corrected chi connectivity index (χ3v) is 6.99. The van der Waals surface area contributed by atoms with Crippen molar-refractivity contribution in [3.05, 3.63) is 69.8 Å². The Labute approximate surface area is 175 Å². The molecule has 1 unspecified atom stereocenters. The summed E-state index contributed by atoms with van der Waals surface area (Å²) < 4.78 is 14.5. The fraction of sp³-hybridized carbons (Fsp3) is 0.200. The first-order chi connectivity index (χ1) is 13.7. The summed E-state index contributed by atoms with van der Waals surface area (Å²) in [6.07, 6.45) is 0.165. The number of benzene rings is 2. The van der Waals surface area contributed by atoms with E-state index in [1.54, 1.807) is 18.2 Å². The van der Waals surface area contributed by atoms with Gasteiger partial charge in [-0.25, -0.2) is 0 Å². The topological polar surface area (TPSA) is 123 Å². The maximum Gasteiger partial charge on any atom is 0.333 e. The highest BCUT2D eigenvalue weighted by Gasteiger charge is 2.31. The molecule has 1 atom stereocenters. The molecule has 2 aromatic carbocycles. The zero-order chi connectivity index (χ0) is 21.2. The van der Waals surface area contributed by atoms with Crippen LogP contribution in [-0.4, -0.2) is 26.5 Å². The van der Waals surface area contributed by atoms with E-state index >= 15 is 0 Å². The van der Waals surface area contributed by atoms with Crippen molar-refractivity contribution in [1.82, 2.24) is 4.57 Å². The summed E-state index contributed by atoms with van der Waals surface area (Å²) in [6, 6.07) is 14.7. The van der Waals surface area contributed by atoms with Crippen molar-refractivity contribution in [2.75, 3.05) is 0 Å². The molecule has 0 aliphatic heterocycles. The Hall–Kier alpha value is -2.25. The number of aromatic nitrogens is 1. The Morgan fingerprint density at radius 3 is 2.48 bits per heavy atom. The Morgan fingerprint density at radius 1 is 1.21 bits per heavy atom. The lowest BCUT2D eigenvalue weighted by Crippen LogP contribution is -2.14. The number of aldehydes is 1. The van der Waals surface area contributed by atoms with E-state index in [9.17, 15) is 23.9 Å². The molecule has 1 heterocycles. The Kier molecular flexibility index (Phi) is 6.39. The van der Waals surface area contributed by atoms with Crippen LogP contribution in [0.15, 0.2) is 53.1 Å². The molecule has 0 fully saturated rings. The van der Waals surface area contributed by atoms with Gasteiger partial charge in [0.25, 0.3) is 0 Å². The lowest BCUT2D eigenvalue weighted by molar-refractivity contribution is -0.117. The van der Waals surface area contributed by atoms with Crippen LogP contribution in [0.2, 0.25) is 0 Å². The minimum Gasteiger partial charge on any atom is -0.369 e. The number of rotatable bonds is 8. The second kappa shape index (κ2) is 8.63. The average molecular weight is 479 g/mol. The molecule has 9 heteroatoms. The predicted molar refractivity (Wildman–Crippen MR) is 114 cm³/mol. The van der Waals surface area contributed by atoms with Crippen LogP contribution in [0.4, 0.5) is 0 Å². The molecular formula is C20H20BrN2O5P. The predicted octanol–water partition coefficient (Wildman–Crippen LogP) is 3.29. The fourth-order valence-corrected chi connectivity index (χ4v) is 5.02. The van der Waals surface area contributed by atoms with Crippen LogP contribution in [0, 0.1) is 0 Å². The number of nitrogens with zero attached hydrogens (tertiary/aromatic N) is 1. The van der Waals surface area contributed by atoms with Crippen LogP contribution in [0.25, 0.3) is 10.9 Å². The van der Waals surface area contributed by atoms with Crippen molar-refractivity contribution in [2.45, 2.75) is 25.0 Å². The van der Waals surface area contributed by atoms with Gasteiger partial charge in [-0.1, -0.05) is 36.4 Å². The molecule has 29 heavy (non-hydrogen) atoms. The summed E-state index contributed by atoms with van der Waals surface area (Å²) in [5, 5.41) is 0.661. The van der Waals surface area contributed by atoms with E-state index in [1.165, 1.54) is 0 Å². The third kappa shape index (κ3) is 4.67. The molecule has 0 bridgehead atoms. The first-order valence-electron chi connectivity index (χ1n) is 8.84. The maximum atomic E-state index is 11.9. The average Bonchev–Trinajstić information content (AvgIpc) is 2.91. The molecule has 0 aliphatic rings. The molecule has 1 aromatic heterocycles. The van der Waals surface area contributed by atoms with Crippen molar-refractivity contribution >= 4 is 46.6 Å². The molecule has 0 saturated carbocycles. The van der Waals surface area contributed by atoms with Crippen LogP contribution in [0.1, 0.15) is 28.8 Å². The molecule has 3 aromatic rings. The van der Waals surface area contributed by atoms with E-state index in [4.69, 9.17) is 5.73 Å². The van der Waals surface area contributed by atoms with E-state index in [1.807, 2.05) is 34.9 Å². The summed E-state index contributed by atoms with van der Waals surface area (Å²) in [6.45, 7) is 0.534. The normalized spacial score (nSPS) is 12.8. The first-order valence-corrected chi connectivity index (χ1v) is 11.3. The highest BCUT2D eigenvalue weighted by atomic mass is 79.9. The second-order valence-corrected chi connectivity index (χ2v) is 9.32. The lowest BCUT2D eigenvalue weighted by atomic mass is 10.0. The minimum absolute atomic E-state index is 0.0312. The van der Waals surface area contributed by atoms with Gasteiger partial charge >= 0.3 is 7.60 Å². The molecule has 1 amide bonds. The Balaban J connectivity index is 2.19. The van der Waals surface area contributed by atoms with Crippen molar-refractivity contribution < 1.29 is 23.9 Å². The standard InChI is InChI=1S/C20H20BrN2O5P/c21-20-16(11-19(22)25)15-10-14(18(8-9-24)29(26,27)28)6-7-17(15)23(20)12-13-4-2-1-3-5-13/h1-7,9-10,18H,8,11-12H2,(H2,22,25)(H2,26,27,28). The quantitative estimate of drug-likeness (QED) is 0.338. The van der Waals surface area contributed by atoms with Gasteiger partial charge in [0.1, 0.15) is 6.29 Å². The minimum atomic E-state index is -4.54. The SMILES string of the molecule is NC(=O)Cc1c(Br)n(Cc2ccccc2)c2ccc(C(CC=O)P(=O)(O)O)cc12. The van der Waals surface area contributed by atoms with E-state index in [0.717, 1.165) is 11.1 Å². The number of carbonyl (C=O) groups excluding carboxylic acids is 2. The summed E-state index contributed by atoms with van der Waals surface area (Å²) >= 11 is 3.56. The van der Waals surface area contributed by atoms with Crippen LogP contribution < -0.4 is 5.73 Å². The number of hydrogen-bond donors (Lipinski definition) is 3. The highest BCUT2D eigenvalue weighted by Crippen LogP contribution is 2.53. The molecule has 0 spiro atoms. The van der Waals surface area contributed by atoms with Crippen LogP contribution in [-0.2, 0) is 27.1 Å². The fourth-order valence-electron chi connectivity index (χ4n) is 3.44. The van der Waals surface area contributed by atoms with Crippen molar-refractivity contribution in [3.8, 4) is 0 Å². The second-order valence-electron chi connectivity index (χ2n) is 6.77. The lowest BCUT2D eigenvalue weighted by Gasteiger charge is -2.17. The zero-order valence-electron chi connectivity index (χ0n) is 15.4. The number of hydrogen-bond acceptors (Lipinski definition) is 3. The molecule has 0 radical (unpaired) electrons. The van der Waals surface area contributed by atoms with Crippen LogP contribution in [0.5, 0.6) is 0 Å². The molecule has 0 aliphatic carbocycles. The molecular weight excluding hydrogens is 459 g/mol. The number of amides is 1. The number of halogens is 1. The smallest absolute Gasteiger partial charge is 0.333 e. The van der Waals surface area contributed by atoms with Gasteiger partial charge in [0, 0.05) is 29.4 Å². The van der Waals surface area contributed by atoms with Crippen LogP contribution in [0.3, 0.4) is 0 Å². The van der Waals surface area contributed by atoms with E-state index < -0.39 is 19.2 Å². The summed E-state index contributed by atoms with van der Waals surface area (Å²) in [4.78, 5) is 41.9. The van der Waals surface area contributed by atoms with Gasteiger partial charge in [-0.05, 0) is 39.2 Å². The number of carbonyl (C=O) groups is 2. The summed E-state index contributed by atoms with van der Waals surface area (Å²) in [5.74, 6) is -0.519. The molecule has 152 valence electrons.